The summed E-state index contributed by atoms with van der Waals surface area (Å²) in [5.74, 6) is 0.898. The molecule has 1 N–H and O–H groups in total. The third-order valence-electron chi connectivity index (χ3n) is 4.83. The first kappa shape index (κ1) is 13.2. The zero-order valence-corrected chi connectivity index (χ0v) is 11.9. The van der Waals surface area contributed by atoms with Crippen LogP contribution < -0.4 is 11.2 Å². The first-order valence-corrected chi connectivity index (χ1v) is 7.33. The molecule has 1 aromatic carbocycles. The lowest BCUT2D eigenvalue weighted by Crippen LogP contribution is -2.42. The van der Waals surface area contributed by atoms with Crippen LogP contribution in [0.5, 0.6) is 0 Å². The van der Waals surface area contributed by atoms with Gasteiger partial charge in [-0.1, -0.05) is 38.8 Å². The zero-order chi connectivity index (χ0) is 14.3. The SMILES string of the molecule is C[C@@H]1[C@H](C)CCC[C@@H]1n1c(=O)[nH]c2ccccc2c1=O. The van der Waals surface area contributed by atoms with Crippen molar-refractivity contribution in [2.75, 3.05) is 0 Å². The van der Waals surface area contributed by atoms with E-state index in [9.17, 15) is 9.59 Å². The summed E-state index contributed by atoms with van der Waals surface area (Å²) in [5, 5.41) is 0.595. The average Bonchev–Trinajstić information content (AvgIpc) is 2.43. The van der Waals surface area contributed by atoms with Gasteiger partial charge >= 0.3 is 5.69 Å². The fourth-order valence-electron chi connectivity index (χ4n) is 3.40. The number of aromatic nitrogens is 2. The number of benzene rings is 1. The van der Waals surface area contributed by atoms with Gasteiger partial charge in [0.05, 0.1) is 10.9 Å². The van der Waals surface area contributed by atoms with Crippen molar-refractivity contribution in [3.63, 3.8) is 0 Å². The molecule has 0 amide bonds. The van der Waals surface area contributed by atoms with Gasteiger partial charge in [-0.15, -0.1) is 0 Å². The molecular formula is C16H20N2O2. The molecule has 106 valence electrons. The number of nitrogens with one attached hydrogen (secondary N) is 1. The summed E-state index contributed by atoms with van der Waals surface area (Å²) >= 11 is 0. The Labute approximate surface area is 117 Å². The van der Waals surface area contributed by atoms with Crippen LogP contribution in [0.15, 0.2) is 33.9 Å². The van der Waals surface area contributed by atoms with Crippen LogP contribution in [0.4, 0.5) is 0 Å². The smallest absolute Gasteiger partial charge is 0.307 e. The second kappa shape index (κ2) is 4.93. The van der Waals surface area contributed by atoms with Crippen molar-refractivity contribution in [3.05, 3.63) is 45.1 Å². The van der Waals surface area contributed by atoms with Gasteiger partial charge in [-0.05, 0) is 30.4 Å². The highest BCUT2D eigenvalue weighted by molar-refractivity contribution is 5.76. The highest BCUT2D eigenvalue weighted by Gasteiger charge is 2.30. The number of H-pyrrole nitrogens is 1. The number of fused-ring (bicyclic) bond motifs is 1. The lowest BCUT2D eigenvalue weighted by atomic mass is 9.78. The molecule has 4 heteroatoms. The van der Waals surface area contributed by atoms with Gasteiger partial charge in [0.1, 0.15) is 0 Å². The van der Waals surface area contributed by atoms with Gasteiger partial charge in [0, 0.05) is 6.04 Å². The third kappa shape index (κ3) is 1.99. The molecule has 0 bridgehead atoms. The van der Waals surface area contributed by atoms with Gasteiger partial charge in [0.15, 0.2) is 0 Å². The molecule has 1 saturated carbocycles. The third-order valence-corrected chi connectivity index (χ3v) is 4.83. The van der Waals surface area contributed by atoms with E-state index in [2.05, 4.69) is 18.8 Å². The summed E-state index contributed by atoms with van der Waals surface area (Å²) in [4.78, 5) is 27.8. The summed E-state index contributed by atoms with van der Waals surface area (Å²) in [6.07, 6.45) is 3.17. The van der Waals surface area contributed by atoms with E-state index < -0.39 is 0 Å². The normalized spacial score (nSPS) is 26.8. The van der Waals surface area contributed by atoms with E-state index in [0.29, 0.717) is 22.7 Å². The molecule has 1 heterocycles. The molecule has 0 spiro atoms. The average molecular weight is 272 g/mol. The standard InChI is InChI=1S/C16H20N2O2/c1-10-6-5-9-14(11(10)2)18-15(19)12-7-3-4-8-13(12)17-16(18)20/h3-4,7-8,10-11,14H,5-6,9H2,1-2H3,(H,17,20)/t10-,11-,14+/m1/s1. The van der Waals surface area contributed by atoms with Crippen LogP contribution in [0, 0.1) is 11.8 Å². The molecule has 1 aliphatic rings. The van der Waals surface area contributed by atoms with Crippen LogP contribution in [-0.2, 0) is 0 Å². The van der Waals surface area contributed by atoms with Crippen LogP contribution in [0.3, 0.4) is 0 Å². The minimum atomic E-state index is -0.278. The molecule has 2 aromatic rings. The van der Waals surface area contributed by atoms with Crippen LogP contribution in [0.25, 0.3) is 10.9 Å². The van der Waals surface area contributed by atoms with Gasteiger partial charge in [-0.3, -0.25) is 9.36 Å². The van der Waals surface area contributed by atoms with Crippen LogP contribution in [0.1, 0.15) is 39.2 Å². The summed E-state index contributed by atoms with van der Waals surface area (Å²) in [6, 6.07) is 7.22. The molecule has 1 aliphatic carbocycles. The monoisotopic (exact) mass is 272 g/mol. The molecule has 4 nitrogen and oxygen atoms in total. The van der Waals surface area contributed by atoms with E-state index in [4.69, 9.17) is 0 Å². The van der Waals surface area contributed by atoms with E-state index >= 15 is 0 Å². The molecule has 3 atom stereocenters. The van der Waals surface area contributed by atoms with E-state index in [0.717, 1.165) is 12.8 Å². The maximum Gasteiger partial charge on any atom is 0.329 e. The number of para-hydroxylation sites is 1. The molecule has 0 radical (unpaired) electrons. The maximum absolute atomic E-state index is 12.6. The molecule has 1 aromatic heterocycles. The fourth-order valence-corrected chi connectivity index (χ4v) is 3.40. The first-order chi connectivity index (χ1) is 9.59. The summed E-state index contributed by atoms with van der Waals surface area (Å²) < 4.78 is 1.45. The van der Waals surface area contributed by atoms with Crippen molar-refractivity contribution >= 4 is 10.9 Å². The van der Waals surface area contributed by atoms with Crippen molar-refractivity contribution in [3.8, 4) is 0 Å². The van der Waals surface area contributed by atoms with Gasteiger partial charge in [-0.2, -0.15) is 0 Å². The highest BCUT2D eigenvalue weighted by atomic mass is 16.2. The minimum Gasteiger partial charge on any atom is -0.307 e. The predicted molar refractivity (Wildman–Crippen MR) is 80.0 cm³/mol. The quantitative estimate of drug-likeness (QED) is 0.867. The molecule has 0 unspecified atom stereocenters. The Hall–Kier alpha value is -1.84. The number of rotatable bonds is 1. The van der Waals surface area contributed by atoms with E-state index in [1.54, 1.807) is 12.1 Å². The Morgan fingerprint density at radius 1 is 1.15 bits per heavy atom. The molecule has 3 rings (SSSR count). The minimum absolute atomic E-state index is 0.0135. The van der Waals surface area contributed by atoms with Gasteiger partial charge in [0.2, 0.25) is 0 Å². The lowest BCUT2D eigenvalue weighted by Gasteiger charge is -2.34. The number of nitrogens with zero attached hydrogens (tertiary/aromatic N) is 1. The highest BCUT2D eigenvalue weighted by Crippen LogP contribution is 2.36. The predicted octanol–water partition coefficient (Wildman–Crippen LogP) is 2.69. The van der Waals surface area contributed by atoms with Crippen molar-refractivity contribution in [1.82, 2.24) is 9.55 Å². The fraction of sp³-hybridized carbons (Fsp3) is 0.500. The number of aromatic amines is 1. The Morgan fingerprint density at radius 3 is 2.70 bits per heavy atom. The van der Waals surface area contributed by atoms with E-state index in [-0.39, 0.29) is 17.3 Å². The van der Waals surface area contributed by atoms with Crippen molar-refractivity contribution in [2.45, 2.75) is 39.2 Å². The van der Waals surface area contributed by atoms with Crippen LogP contribution in [0.2, 0.25) is 0 Å². The maximum atomic E-state index is 12.6. The largest absolute Gasteiger partial charge is 0.329 e. The van der Waals surface area contributed by atoms with Crippen molar-refractivity contribution < 1.29 is 0 Å². The Balaban J connectivity index is 2.21. The summed E-state index contributed by atoms with van der Waals surface area (Å²) in [6.45, 7) is 4.35. The summed E-state index contributed by atoms with van der Waals surface area (Å²) in [5.41, 5.74) is 0.185. The van der Waals surface area contributed by atoms with E-state index in [1.807, 2.05) is 12.1 Å². The second-order valence-electron chi connectivity index (χ2n) is 5.99. The first-order valence-electron chi connectivity index (χ1n) is 7.33. The van der Waals surface area contributed by atoms with Crippen molar-refractivity contribution in [1.29, 1.82) is 0 Å². The number of hydrogen-bond donors (Lipinski definition) is 1. The molecule has 1 fully saturated rings. The molecular weight excluding hydrogens is 252 g/mol. The van der Waals surface area contributed by atoms with E-state index in [1.165, 1.54) is 11.0 Å². The second-order valence-corrected chi connectivity index (χ2v) is 5.99. The molecule has 0 aliphatic heterocycles. The van der Waals surface area contributed by atoms with Gasteiger partial charge in [0.25, 0.3) is 5.56 Å². The number of hydrogen-bond acceptors (Lipinski definition) is 2. The molecule has 20 heavy (non-hydrogen) atoms. The lowest BCUT2D eigenvalue weighted by molar-refractivity contribution is 0.179. The molecule has 0 saturated heterocycles. The van der Waals surface area contributed by atoms with Gasteiger partial charge < -0.3 is 4.98 Å². The van der Waals surface area contributed by atoms with Gasteiger partial charge in [-0.25, -0.2) is 4.79 Å². The van der Waals surface area contributed by atoms with Crippen molar-refractivity contribution in [2.24, 2.45) is 11.8 Å². The summed E-state index contributed by atoms with van der Waals surface area (Å²) in [7, 11) is 0. The Kier molecular flexibility index (Phi) is 3.24. The van der Waals surface area contributed by atoms with Crippen LogP contribution >= 0.6 is 0 Å². The van der Waals surface area contributed by atoms with Crippen LogP contribution in [-0.4, -0.2) is 9.55 Å². The Morgan fingerprint density at radius 2 is 1.90 bits per heavy atom. The zero-order valence-electron chi connectivity index (χ0n) is 11.9. The Bertz CT molecular complexity index is 744. The topological polar surface area (TPSA) is 54.9 Å².